The number of nitrogens with one attached hydrogen (secondary N) is 1. The van der Waals surface area contributed by atoms with E-state index < -0.39 is 0 Å². The summed E-state index contributed by atoms with van der Waals surface area (Å²) in [5, 5.41) is 0.707. The second-order valence-electron chi connectivity index (χ2n) is 4.66. The van der Waals surface area contributed by atoms with E-state index in [0.717, 1.165) is 15.5 Å². The predicted molar refractivity (Wildman–Crippen MR) is 90.1 cm³/mol. The number of aromatic amines is 1. The third-order valence-corrected chi connectivity index (χ3v) is 4.56. The van der Waals surface area contributed by atoms with Gasteiger partial charge in [-0.3, -0.25) is 0 Å². The van der Waals surface area contributed by atoms with E-state index in [2.05, 4.69) is 44.5 Å². The molecule has 0 aliphatic rings. The molecule has 3 rings (SSSR count). The van der Waals surface area contributed by atoms with Crippen molar-refractivity contribution >= 4 is 50.8 Å². The quantitative estimate of drug-likeness (QED) is 0.574. The summed E-state index contributed by atoms with van der Waals surface area (Å²) in [6.07, 6.45) is 0. The lowest BCUT2D eigenvalue weighted by Crippen LogP contribution is -2.06. The number of benzene rings is 2. The lowest BCUT2D eigenvalue weighted by molar-refractivity contribution is 0.649. The average molecular weight is 368 g/mol. The Labute approximate surface area is 135 Å². The minimum absolute atomic E-state index is 0.115. The number of hydrogen-bond acceptors (Lipinski definition) is 1. The zero-order valence-corrected chi connectivity index (χ0v) is 13.9. The lowest BCUT2D eigenvalue weighted by atomic mass is 10.1. The number of H-pyrrole nitrogens is 1. The summed E-state index contributed by atoms with van der Waals surface area (Å²) in [5.41, 5.74) is 3.10. The Hall–Kier alpha value is -1.10. The van der Waals surface area contributed by atoms with E-state index in [0.29, 0.717) is 9.79 Å². The molecule has 3 aromatic rings. The SMILES string of the molecule is CC(c1ccc(Br)cc1)n1c(=S)[nH]c2cccc(Cl)c21. The van der Waals surface area contributed by atoms with Gasteiger partial charge < -0.3 is 9.55 Å². The zero-order valence-electron chi connectivity index (χ0n) is 10.7. The number of imidazole rings is 1. The summed E-state index contributed by atoms with van der Waals surface area (Å²) in [5.74, 6) is 0. The van der Waals surface area contributed by atoms with Crippen LogP contribution in [0.5, 0.6) is 0 Å². The minimum Gasteiger partial charge on any atom is -0.331 e. The molecule has 1 heterocycles. The largest absolute Gasteiger partial charge is 0.331 e. The van der Waals surface area contributed by atoms with Gasteiger partial charge in [-0.1, -0.05) is 45.7 Å². The van der Waals surface area contributed by atoms with Gasteiger partial charge in [-0.2, -0.15) is 0 Å². The van der Waals surface area contributed by atoms with Crippen LogP contribution in [0.15, 0.2) is 46.9 Å². The van der Waals surface area contributed by atoms with Crippen LogP contribution in [0.3, 0.4) is 0 Å². The van der Waals surface area contributed by atoms with Gasteiger partial charge in [0.1, 0.15) is 0 Å². The van der Waals surface area contributed by atoms with E-state index >= 15 is 0 Å². The van der Waals surface area contributed by atoms with Crippen molar-refractivity contribution in [3.63, 3.8) is 0 Å². The van der Waals surface area contributed by atoms with Gasteiger partial charge in [0.2, 0.25) is 0 Å². The van der Waals surface area contributed by atoms with E-state index in [1.54, 1.807) is 0 Å². The summed E-state index contributed by atoms with van der Waals surface area (Å²) in [6, 6.07) is 14.2. The molecule has 1 unspecified atom stereocenters. The van der Waals surface area contributed by atoms with Crippen LogP contribution in [-0.4, -0.2) is 9.55 Å². The summed E-state index contributed by atoms with van der Waals surface area (Å²) in [7, 11) is 0. The Bertz CT molecular complexity index is 820. The number of nitrogens with zero attached hydrogens (tertiary/aromatic N) is 1. The highest BCUT2D eigenvalue weighted by atomic mass is 79.9. The third kappa shape index (κ3) is 2.32. The van der Waals surface area contributed by atoms with Crippen molar-refractivity contribution in [3.8, 4) is 0 Å². The highest BCUT2D eigenvalue weighted by molar-refractivity contribution is 9.10. The van der Waals surface area contributed by atoms with Crippen molar-refractivity contribution in [1.82, 2.24) is 9.55 Å². The summed E-state index contributed by atoms with van der Waals surface area (Å²) in [6.45, 7) is 2.12. The molecule has 102 valence electrons. The summed E-state index contributed by atoms with van der Waals surface area (Å²) < 4.78 is 3.81. The van der Waals surface area contributed by atoms with Crippen molar-refractivity contribution in [1.29, 1.82) is 0 Å². The fraction of sp³-hybridized carbons (Fsp3) is 0.133. The van der Waals surface area contributed by atoms with Crippen LogP contribution in [0, 0.1) is 4.77 Å². The number of hydrogen-bond donors (Lipinski definition) is 1. The van der Waals surface area contributed by atoms with E-state index in [1.165, 1.54) is 5.56 Å². The van der Waals surface area contributed by atoms with Crippen LogP contribution in [0.1, 0.15) is 18.5 Å². The Morgan fingerprint density at radius 1 is 1.20 bits per heavy atom. The van der Waals surface area contributed by atoms with Gasteiger partial charge in [-0.05, 0) is 49.0 Å². The van der Waals surface area contributed by atoms with Gasteiger partial charge >= 0.3 is 0 Å². The third-order valence-electron chi connectivity index (χ3n) is 3.43. The van der Waals surface area contributed by atoms with Gasteiger partial charge in [0.25, 0.3) is 0 Å². The number of aromatic nitrogens is 2. The van der Waals surface area contributed by atoms with Crippen LogP contribution in [0.4, 0.5) is 0 Å². The molecule has 2 aromatic carbocycles. The molecule has 20 heavy (non-hydrogen) atoms. The number of halogens is 2. The molecular weight excluding hydrogens is 356 g/mol. The van der Waals surface area contributed by atoms with Crippen LogP contribution in [0.2, 0.25) is 5.02 Å². The fourth-order valence-electron chi connectivity index (χ4n) is 2.40. The molecule has 0 saturated carbocycles. The molecule has 0 amide bonds. The predicted octanol–water partition coefficient (Wildman–Crippen LogP) is 5.72. The molecule has 1 aromatic heterocycles. The van der Waals surface area contributed by atoms with E-state index in [4.69, 9.17) is 23.8 Å². The molecule has 0 radical (unpaired) electrons. The highest BCUT2D eigenvalue weighted by Gasteiger charge is 2.15. The molecule has 0 bridgehead atoms. The van der Waals surface area contributed by atoms with Crippen molar-refractivity contribution in [2.24, 2.45) is 0 Å². The Morgan fingerprint density at radius 2 is 1.90 bits per heavy atom. The van der Waals surface area contributed by atoms with Crippen LogP contribution < -0.4 is 0 Å². The first-order valence-electron chi connectivity index (χ1n) is 6.22. The van der Waals surface area contributed by atoms with Crippen LogP contribution >= 0.6 is 39.7 Å². The molecular formula is C15H12BrClN2S. The maximum Gasteiger partial charge on any atom is 0.178 e. The van der Waals surface area contributed by atoms with E-state index in [-0.39, 0.29) is 6.04 Å². The Morgan fingerprint density at radius 3 is 2.60 bits per heavy atom. The molecule has 1 atom stereocenters. The van der Waals surface area contributed by atoms with Crippen LogP contribution in [-0.2, 0) is 0 Å². The van der Waals surface area contributed by atoms with Gasteiger partial charge in [-0.15, -0.1) is 0 Å². The monoisotopic (exact) mass is 366 g/mol. The van der Waals surface area contributed by atoms with Gasteiger partial charge in [-0.25, -0.2) is 0 Å². The van der Waals surface area contributed by atoms with Crippen LogP contribution in [0.25, 0.3) is 11.0 Å². The second-order valence-corrected chi connectivity index (χ2v) is 6.37. The van der Waals surface area contributed by atoms with Gasteiger partial charge in [0.05, 0.1) is 22.1 Å². The number of fused-ring (bicyclic) bond motifs is 1. The molecule has 5 heteroatoms. The van der Waals surface area contributed by atoms with E-state index in [1.807, 2.05) is 30.3 Å². The first kappa shape index (κ1) is 13.9. The maximum absolute atomic E-state index is 6.34. The summed E-state index contributed by atoms with van der Waals surface area (Å²) in [4.78, 5) is 3.21. The smallest absolute Gasteiger partial charge is 0.178 e. The van der Waals surface area contributed by atoms with Crippen molar-refractivity contribution in [2.45, 2.75) is 13.0 Å². The standard InChI is InChI=1S/C15H12BrClN2S/c1-9(10-5-7-11(16)8-6-10)19-14-12(17)3-2-4-13(14)18-15(19)20/h2-9H,1H3,(H,18,20). The molecule has 0 fully saturated rings. The molecule has 2 nitrogen and oxygen atoms in total. The Balaban J connectivity index is 2.21. The van der Waals surface area contributed by atoms with Gasteiger partial charge in [0.15, 0.2) is 4.77 Å². The topological polar surface area (TPSA) is 20.7 Å². The second kappa shape index (κ2) is 5.35. The normalized spacial score (nSPS) is 12.8. The first-order valence-corrected chi connectivity index (χ1v) is 7.80. The number of para-hydroxylation sites is 1. The first-order chi connectivity index (χ1) is 9.58. The summed E-state index contributed by atoms with van der Waals surface area (Å²) >= 11 is 15.2. The minimum atomic E-state index is 0.115. The molecule has 0 aliphatic heterocycles. The average Bonchev–Trinajstić information content (AvgIpc) is 2.76. The highest BCUT2D eigenvalue weighted by Crippen LogP contribution is 2.29. The van der Waals surface area contributed by atoms with Gasteiger partial charge in [0, 0.05) is 4.47 Å². The van der Waals surface area contributed by atoms with Crippen molar-refractivity contribution in [2.75, 3.05) is 0 Å². The molecule has 0 spiro atoms. The molecule has 1 N–H and O–H groups in total. The molecule has 0 saturated heterocycles. The van der Waals surface area contributed by atoms with Crippen molar-refractivity contribution in [3.05, 3.63) is 62.3 Å². The van der Waals surface area contributed by atoms with E-state index in [9.17, 15) is 0 Å². The molecule has 0 aliphatic carbocycles. The number of rotatable bonds is 2. The Kier molecular flexibility index (Phi) is 3.71. The lowest BCUT2D eigenvalue weighted by Gasteiger charge is -2.16. The maximum atomic E-state index is 6.34. The fourth-order valence-corrected chi connectivity index (χ4v) is 3.29. The van der Waals surface area contributed by atoms with Crippen molar-refractivity contribution < 1.29 is 0 Å². The zero-order chi connectivity index (χ0) is 14.3.